The molecule has 32 heavy (non-hydrogen) atoms. The number of ether oxygens (including phenoxy) is 1. The maximum Gasteiger partial charge on any atom is 0.294 e. The molecule has 0 radical (unpaired) electrons. The summed E-state index contributed by atoms with van der Waals surface area (Å²) < 4.78 is 7.32. The third-order valence-corrected chi connectivity index (χ3v) is 6.67. The van der Waals surface area contributed by atoms with Crippen molar-refractivity contribution >= 4 is 39.9 Å². The number of halogens is 1. The average Bonchev–Trinajstić information content (AvgIpc) is 3.52. The number of carbonyl (C=O) groups excluding carboxylic acids is 1. The van der Waals surface area contributed by atoms with Crippen molar-refractivity contribution in [1.29, 1.82) is 0 Å². The molecule has 162 valence electrons. The van der Waals surface area contributed by atoms with Crippen molar-refractivity contribution in [1.82, 2.24) is 19.6 Å². The van der Waals surface area contributed by atoms with Gasteiger partial charge in [-0.05, 0) is 61.2 Å². The van der Waals surface area contributed by atoms with Gasteiger partial charge in [0.25, 0.3) is 11.5 Å². The second-order valence-corrected chi connectivity index (χ2v) is 8.83. The van der Waals surface area contributed by atoms with Crippen LogP contribution in [0.15, 0.2) is 35.1 Å². The Morgan fingerprint density at radius 3 is 2.94 bits per heavy atom. The summed E-state index contributed by atoms with van der Waals surface area (Å²) in [6.07, 6.45) is 1.60. The highest BCUT2D eigenvalue weighted by Gasteiger charge is 2.28. The number of H-pyrrole nitrogens is 1. The lowest BCUT2D eigenvalue weighted by Crippen LogP contribution is -2.29. The molecule has 2 aromatic heterocycles. The highest BCUT2D eigenvalue weighted by Crippen LogP contribution is 2.33. The number of benzene rings is 2. The molecule has 0 bridgehead atoms. The number of aromatic nitrogens is 4. The molecule has 2 aliphatic rings. The second kappa shape index (κ2) is 7.15. The van der Waals surface area contributed by atoms with Gasteiger partial charge in [-0.2, -0.15) is 0 Å². The zero-order valence-corrected chi connectivity index (χ0v) is 18.1. The van der Waals surface area contributed by atoms with Crippen LogP contribution in [0.25, 0.3) is 16.7 Å². The zero-order chi connectivity index (χ0) is 22.0. The van der Waals surface area contributed by atoms with Crippen LogP contribution in [0.4, 0.5) is 5.69 Å². The monoisotopic (exact) mass is 449 g/mol. The lowest BCUT2D eigenvalue weighted by Gasteiger charge is -2.19. The van der Waals surface area contributed by atoms with E-state index in [-0.39, 0.29) is 23.0 Å². The van der Waals surface area contributed by atoms with Crippen LogP contribution < -0.4 is 10.5 Å². The molecule has 0 spiro atoms. The third kappa shape index (κ3) is 2.87. The van der Waals surface area contributed by atoms with Crippen molar-refractivity contribution in [2.24, 2.45) is 0 Å². The molecule has 1 atom stereocenters. The highest BCUT2D eigenvalue weighted by molar-refractivity contribution is 6.30. The number of rotatable bonds is 2. The molecule has 1 N–H and O–H groups in total. The van der Waals surface area contributed by atoms with Gasteiger partial charge in [0.15, 0.2) is 0 Å². The topological polar surface area (TPSA) is 92.6 Å². The van der Waals surface area contributed by atoms with Gasteiger partial charge in [-0.25, -0.2) is 0 Å². The first-order valence-corrected chi connectivity index (χ1v) is 11.0. The smallest absolute Gasteiger partial charge is 0.294 e. The first-order valence-electron chi connectivity index (χ1n) is 10.6. The van der Waals surface area contributed by atoms with Crippen molar-refractivity contribution in [3.63, 3.8) is 0 Å². The Hall–Kier alpha value is -3.23. The Balaban J connectivity index is 1.49. The molecule has 1 amide bonds. The summed E-state index contributed by atoms with van der Waals surface area (Å²) in [5.41, 5.74) is 4.58. The predicted octanol–water partition coefficient (Wildman–Crippen LogP) is 3.24. The number of hydrogen-bond donors (Lipinski definition) is 1. The van der Waals surface area contributed by atoms with E-state index < -0.39 is 0 Å². The molecule has 1 saturated heterocycles. The maximum atomic E-state index is 13.5. The van der Waals surface area contributed by atoms with Gasteiger partial charge in [-0.1, -0.05) is 11.6 Å². The van der Waals surface area contributed by atoms with Crippen LogP contribution in [0.5, 0.6) is 0 Å². The first-order chi connectivity index (χ1) is 15.5. The maximum absolute atomic E-state index is 13.5. The van der Waals surface area contributed by atoms with Crippen LogP contribution in [0.1, 0.15) is 39.6 Å². The van der Waals surface area contributed by atoms with E-state index in [0.717, 1.165) is 41.0 Å². The van der Waals surface area contributed by atoms with Crippen LogP contribution in [0, 0.1) is 6.92 Å². The number of fused-ring (bicyclic) bond motifs is 4. The minimum atomic E-state index is -0.335. The summed E-state index contributed by atoms with van der Waals surface area (Å²) in [5, 5.41) is 9.09. The van der Waals surface area contributed by atoms with Gasteiger partial charge in [0.1, 0.15) is 5.82 Å². The van der Waals surface area contributed by atoms with E-state index >= 15 is 0 Å². The molecule has 6 rings (SSSR count). The van der Waals surface area contributed by atoms with Gasteiger partial charge in [0.2, 0.25) is 5.65 Å². The Bertz CT molecular complexity index is 1470. The molecule has 2 aromatic carbocycles. The molecule has 1 unspecified atom stereocenters. The number of carbonyl (C=O) groups is 1. The SMILES string of the molecule is Cc1cc2c(cc1C(=O)N1CCc3cc(Cl)ccc31)[nH]c(=O)c1nnc(C3CCOC3)n12. The van der Waals surface area contributed by atoms with Crippen molar-refractivity contribution in [3.05, 3.63) is 68.2 Å². The Kier molecular flexibility index (Phi) is 4.34. The van der Waals surface area contributed by atoms with Gasteiger partial charge in [0.05, 0.1) is 17.6 Å². The van der Waals surface area contributed by atoms with Gasteiger partial charge in [-0.15, -0.1) is 10.2 Å². The van der Waals surface area contributed by atoms with E-state index in [1.54, 1.807) is 17.0 Å². The van der Waals surface area contributed by atoms with Gasteiger partial charge >= 0.3 is 0 Å². The van der Waals surface area contributed by atoms with Crippen LogP contribution in [-0.2, 0) is 11.2 Å². The predicted molar refractivity (Wildman–Crippen MR) is 121 cm³/mol. The molecule has 1 fully saturated rings. The van der Waals surface area contributed by atoms with Crippen molar-refractivity contribution in [3.8, 4) is 0 Å². The number of anilines is 1. The van der Waals surface area contributed by atoms with Crippen LogP contribution in [0.2, 0.25) is 5.02 Å². The molecule has 0 aliphatic carbocycles. The minimum absolute atomic E-state index is 0.0875. The quantitative estimate of drug-likeness (QED) is 0.507. The van der Waals surface area contributed by atoms with Crippen LogP contribution in [0.3, 0.4) is 0 Å². The molecule has 9 heteroatoms. The summed E-state index contributed by atoms with van der Waals surface area (Å²) in [5.74, 6) is 0.710. The zero-order valence-electron chi connectivity index (χ0n) is 17.4. The average molecular weight is 450 g/mol. The highest BCUT2D eigenvalue weighted by atomic mass is 35.5. The van der Waals surface area contributed by atoms with Gasteiger partial charge < -0.3 is 14.6 Å². The van der Waals surface area contributed by atoms with E-state index in [9.17, 15) is 9.59 Å². The largest absolute Gasteiger partial charge is 0.381 e. The van der Waals surface area contributed by atoms with Crippen molar-refractivity contribution in [2.75, 3.05) is 24.7 Å². The summed E-state index contributed by atoms with van der Waals surface area (Å²) in [6, 6.07) is 9.28. The molecule has 4 aromatic rings. The van der Waals surface area contributed by atoms with E-state index in [1.165, 1.54) is 0 Å². The number of aromatic amines is 1. The van der Waals surface area contributed by atoms with Gasteiger partial charge in [0, 0.05) is 35.3 Å². The molecule has 8 nitrogen and oxygen atoms in total. The standard InChI is InChI=1S/C23H20ClN5O3/c1-12-8-19-17(25-22(30)21-27-26-20(29(19)21)14-5-7-32-11-14)10-16(12)23(31)28-6-4-13-9-15(24)2-3-18(13)28/h2-3,8-10,14H,4-7,11H2,1H3,(H,25,30). The molecular formula is C23H20ClN5O3. The number of nitrogens with one attached hydrogen (secondary N) is 1. The minimum Gasteiger partial charge on any atom is -0.381 e. The van der Waals surface area contributed by atoms with Gasteiger partial charge in [-0.3, -0.25) is 14.0 Å². The first kappa shape index (κ1) is 19.5. The Morgan fingerprint density at radius 1 is 1.25 bits per heavy atom. The second-order valence-electron chi connectivity index (χ2n) is 8.40. The van der Waals surface area contributed by atoms with Crippen LogP contribution >= 0.6 is 11.6 Å². The normalized spacial score (nSPS) is 18.1. The lowest BCUT2D eigenvalue weighted by molar-refractivity contribution is 0.0989. The fourth-order valence-corrected chi connectivity index (χ4v) is 4.99. The molecule has 2 aliphatic heterocycles. The summed E-state index contributed by atoms with van der Waals surface area (Å²) in [7, 11) is 0. The fourth-order valence-electron chi connectivity index (χ4n) is 4.80. The van der Waals surface area contributed by atoms with Crippen molar-refractivity contribution in [2.45, 2.75) is 25.7 Å². The van der Waals surface area contributed by atoms with E-state index in [0.29, 0.717) is 35.9 Å². The van der Waals surface area contributed by atoms with E-state index in [4.69, 9.17) is 16.3 Å². The number of hydrogen-bond acceptors (Lipinski definition) is 5. The molecule has 0 saturated carbocycles. The van der Waals surface area contributed by atoms with E-state index in [1.807, 2.05) is 29.5 Å². The Labute approximate surface area is 187 Å². The molecular weight excluding hydrogens is 430 g/mol. The fraction of sp³-hybridized carbons (Fsp3) is 0.304. The summed E-state index contributed by atoms with van der Waals surface area (Å²) >= 11 is 6.11. The summed E-state index contributed by atoms with van der Waals surface area (Å²) in [4.78, 5) is 30.9. The number of nitrogens with zero attached hydrogens (tertiary/aromatic N) is 4. The number of aryl methyl sites for hydroxylation is 1. The molecule has 4 heterocycles. The lowest BCUT2D eigenvalue weighted by atomic mass is 10.0. The van der Waals surface area contributed by atoms with Crippen molar-refractivity contribution < 1.29 is 9.53 Å². The third-order valence-electron chi connectivity index (χ3n) is 6.43. The summed E-state index contributed by atoms with van der Waals surface area (Å²) in [6.45, 7) is 3.73. The van der Waals surface area contributed by atoms with Crippen LogP contribution in [-0.4, -0.2) is 45.2 Å². The van der Waals surface area contributed by atoms with E-state index in [2.05, 4.69) is 15.2 Å². The Morgan fingerprint density at radius 2 is 2.12 bits per heavy atom. The number of amides is 1.